The number of hydrogen-bond acceptors (Lipinski definition) is 3. The third kappa shape index (κ3) is 3.93. The second kappa shape index (κ2) is 7.60. The molecular formula is C16H25FN2O. The SMILES string of the molecule is CN(CCOc1ccccc1F)C1CCCCC1CN. The van der Waals surface area contributed by atoms with E-state index >= 15 is 0 Å². The molecule has 0 radical (unpaired) electrons. The summed E-state index contributed by atoms with van der Waals surface area (Å²) in [6.45, 7) is 2.06. The van der Waals surface area contributed by atoms with Crippen LogP contribution in [0.5, 0.6) is 5.75 Å². The topological polar surface area (TPSA) is 38.5 Å². The second-order valence-electron chi connectivity index (χ2n) is 5.61. The zero-order valence-corrected chi connectivity index (χ0v) is 12.2. The highest BCUT2D eigenvalue weighted by atomic mass is 19.1. The van der Waals surface area contributed by atoms with Crippen molar-refractivity contribution in [1.82, 2.24) is 4.90 Å². The van der Waals surface area contributed by atoms with Crippen LogP contribution in [0.3, 0.4) is 0 Å². The Hall–Kier alpha value is -1.13. The van der Waals surface area contributed by atoms with E-state index in [2.05, 4.69) is 11.9 Å². The van der Waals surface area contributed by atoms with Gasteiger partial charge < -0.3 is 10.5 Å². The molecule has 0 heterocycles. The van der Waals surface area contributed by atoms with E-state index in [1.807, 2.05) is 0 Å². The summed E-state index contributed by atoms with van der Waals surface area (Å²) in [4.78, 5) is 2.32. The Morgan fingerprint density at radius 1 is 1.30 bits per heavy atom. The van der Waals surface area contributed by atoms with Crippen LogP contribution < -0.4 is 10.5 Å². The summed E-state index contributed by atoms with van der Waals surface area (Å²) >= 11 is 0. The van der Waals surface area contributed by atoms with Gasteiger partial charge in [-0.3, -0.25) is 4.90 Å². The fraction of sp³-hybridized carbons (Fsp3) is 0.625. The van der Waals surface area contributed by atoms with Crippen LogP contribution in [-0.2, 0) is 0 Å². The molecule has 0 amide bonds. The van der Waals surface area contributed by atoms with Crippen molar-refractivity contribution in [3.05, 3.63) is 30.1 Å². The molecule has 3 nitrogen and oxygen atoms in total. The molecule has 1 aromatic rings. The summed E-state index contributed by atoms with van der Waals surface area (Å²) in [5.41, 5.74) is 5.86. The first-order chi connectivity index (χ1) is 9.72. The van der Waals surface area contributed by atoms with E-state index in [1.54, 1.807) is 18.2 Å². The minimum Gasteiger partial charge on any atom is -0.489 e. The highest BCUT2D eigenvalue weighted by Crippen LogP contribution is 2.27. The smallest absolute Gasteiger partial charge is 0.165 e. The summed E-state index contributed by atoms with van der Waals surface area (Å²) in [6, 6.07) is 7.08. The molecule has 112 valence electrons. The Kier molecular flexibility index (Phi) is 5.80. The van der Waals surface area contributed by atoms with Crippen LogP contribution >= 0.6 is 0 Å². The van der Waals surface area contributed by atoms with Crippen molar-refractivity contribution >= 4 is 0 Å². The number of nitrogens with zero attached hydrogens (tertiary/aromatic N) is 1. The maximum absolute atomic E-state index is 13.4. The van der Waals surface area contributed by atoms with Crippen molar-refractivity contribution in [3.63, 3.8) is 0 Å². The number of para-hydroxylation sites is 1. The molecule has 2 N–H and O–H groups in total. The van der Waals surface area contributed by atoms with Crippen LogP contribution in [0, 0.1) is 11.7 Å². The summed E-state index contributed by atoms with van der Waals surface area (Å²) in [7, 11) is 2.11. The van der Waals surface area contributed by atoms with Crippen molar-refractivity contribution in [1.29, 1.82) is 0 Å². The van der Waals surface area contributed by atoms with Gasteiger partial charge in [-0.2, -0.15) is 0 Å². The molecule has 0 spiro atoms. The maximum Gasteiger partial charge on any atom is 0.165 e. The van der Waals surface area contributed by atoms with E-state index in [-0.39, 0.29) is 5.82 Å². The van der Waals surface area contributed by atoms with Gasteiger partial charge in [0.15, 0.2) is 11.6 Å². The summed E-state index contributed by atoms with van der Waals surface area (Å²) in [5, 5.41) is 0. The van der Waals surface area contributed by atoms with Gasteiger partial charge in [0.2, 0.25) is 0 Å². The third-order valence-electron chi connectivity index (χ3n) is 4.28. The molecule has 0 aliphatic heterocycles. The fourth-order valence-corrected chi connectivity index (χ4v) is 3.07. The van der Waals surface area contributed by atoms with Gasteiger partial charge in [-0.15, -0.1) is 0 Å². The van der Waals surface area contributed by atoms with Crippen molar-refractivity contribution < 1.29 is 9.13 Å². The first kappa shape index (κ1) is 15.3. The van der Waals surface area contributed by atoms with E-state index in [1.165, 1.54) is 31.7 Å². The zero-order chi connectivity index (χ0) is 14.4. The summed E-state index contributed by atoms with van der Waals surface area (Å²) in [6.07, 6.45) is 5.00. The molecule has 0 bridgehead atoms. The van der Waals surface area contributed by atoms with Gasteiger partial charge >= 0.3 is 0 Å². The number of benzene rings is 1. The van der Waals surface area contributed by atoms with Crippen molar-refractivity contribution in [2.45, 2.75) is 31.7 Å². The molecule has 2 atom stereocenters. The van der Waals surface area contributed by atoms with Gasteiger partial charge in [0.05, 0.1) is 0 Å². The quantitative estimate of drug-likeness (QED) is 0.870. The van der Waals surface area contributed by atoms with Crippen LogP contribution in [0.4, 0.5) is 4.39 Å². The standard InChI is InChI=1S/C16H25FN2O/c1-19(15-8-4-2-6-13(15)12-18)10-11-20-16-9-5-3-7-14(16)17/h3,5,7,9,13,15H,2,4,6,8,10-12,18H2,1H3. The van der Waals surface area contributed by atoms with Crippen LogP contribution in [0.15, 0.2) is 24.3 Å². The summed E-state index contributed by atoms with van der Waals surface area (Å²) < 4.78 is 18.9. The minimum absolute atomic E-state index is 0.298. The third-order valence-corrected chi connectivity index (χ3v) is 4.28. The largest absolute Gasteiger partial charge is 0.489 e. The molecular weight excluding hydrogens is 255 g/mol. The van der Waals surface area contributed by atoms with E-state index in [0.29, 0.717) is 24.3 Å². The molecule has 20 heavy (non-hydrogen) atoms. The van der Waals surface area contributed by atoms with Crippen molar-refractivity contribution in [2.24, 2.45) is 11.7 Å². The number of nitrogens with two attached hydrogens (primary N) is 1. The Labute approximate surface area is 120 Å². The number of ether oxygens (including phenoxy) is 1. The minimum atomic E-state index is -0.298. The lowest BCUT2D eigenvalue weighted by Crippen LogP contribution is -2.44. The van der Waals surface area contributed by atoms with Gasteiger partial charge in [-0.1, -0.05) is 25.0 Å². The fourth-order valence-electron chi connectivity index (χ4n) is 3.07. The van der Waals surface area contributed by atoms with Crippen LogP contribution in [0.25, 0.3) is 0 Å². The zero-order valence-electron chi connectivity index (χ0n) is 12.2. The lowest BCUT2D eigenvalue weighted by molar-refractivity contribution is 0.115. The van der Waals surface area contributed by atoms with Gasteiger partial charge in [-0.25, -0.2) is 4.39 Å². The number of halogens is 1. The monoisotopic (exact) mass is 280 g/mol. The van der Waals surface area contributed by atoms with Crippen LogP contribution in [-0.4, -0.2) is 37.7 Å². The lowest BCUT2D eigenvalue weighted by Gasteiger charge is -2.37. The predicted octanol–water partition coefficient (Wildman–Crippen LogP) is 2.65. The lowest BCUT2D eigenvalue weighted by atomic mass is 9.84. The Bertz CT molecular complexity index is 413. The number of rotatable bonds is 6. The summed E-state index contributed by atoms with van der Waals surface area (Å²) in [5.74, 6) is 0.620. The number of likely N-dealkylation sites (N-methyl/N-ethyl adjacent to an activating group) is 1. The highest BCUT2D eigenvalue weighted by Gasteiger charge is 2.26. The molecule has 1 fully saturated rings. The highest BCUT2D eigenvalue weighted by molar-refractivity contribution is 5.23. The predicted molar refractivity (Wildman–Crippen MR) is 79.3 cm³/mol. The molecule has 1 aromatic carbocycles. The van der Waals surface area contributed by atoms with Crippen LogP contribution in [0.1, 0.15) is 25.7 Å². The Morgan fingerprint density at radius 3 is 2.80 bits per heavy atom. The maximum atomic E-state index is 13.4. The van der Waals surface area contributed by atoms with E-state index in [4.69, 9.17) is 10.5 Å². The molecule has 2 rings (SSSR count). The van der Waals surface area contributed by atoms with E-state index < -0.39 is 0 Å². The molecule has 1 aliphatic carbocycles. The van der Waals surface area contributed by atoms with Crippen LogP contribution in [0.2, 0.25) is 0 Å². The van der Waals surface area contributed by atoms with Crippen molar-refractivity contribution in [2.75, 3.05) is 26.7 Å². The average molecular weight is 280 g/mol. The Balaban J connectivity index is 1.79. The molecule has 2 unspecified atom stereocenters. The van der Waals surface area contributed by atoms with Crippen molar-refractivity contribution in [3.8, 4) is 5.75 Å². The number of hydrogen-bond donors (Lipinski definition) is 1. The van der Waals surface area contributed by atoms with Gasteiger partial charge in [0, 0.05) is 12.6 Å². The molecule has 4 heteroatoms. The molecule has 0 aromatic heterocycles. The van der Waals surface area contributed by atoms with Gasteiger partial charge in [0.1, 0.15) is 6.61 Å². The molecule has 0 saturated heterocycles. The van der Waals surface area contributed by atoms with E-state index in [9.17, 15) is 4.39 Å². The average Bonchev–Trinajstić information content (AvgIpc) is 2.49. The normalized spacial score (nSPS) is 23.0. The molecule has 1 aliphatic rings. The first-order valence-electron chi connectivity index (χ1n) is 7.50. The first-order valence-corrected chi connectivity index (χ1v) is 7.50. The van der Waals surface area contributed by atoms with Gasteiger partial charge in [-0.05, 0) is 44.5 Å². The Morgan fingerprint density at radius 2 is 2.05 bits per heavy atom. The van der Waals surface area contributed by atoms with E-state index in [0.717, 1.165) is 13.1 Å². The van der Waals surface area contributed by atoms with Gasteiger partial charge in [0.25, 0.3) is 0 Å². The second-order valence-corrected chi connectivity index (χ2v) is 5.61. The molecule has 1 saturated carbocycles.